The third kappa shape index (κ3) is 3.12. The van der Waals surface area contributed by atoms with Crippen molar-refractivity contribution in [3.8, 4) is 0 Å². The molecular weight excluding hydrogens is 371 g/mol. The van der Waals surface area contributed by atoms with Crippen LogP contribution in [0, 0.1) is 5.82 Å². The molecule has 0 saturated carbocycles. The van der Waals surface area contributed by atoms with Gasteiger partial charge in [0.15, 0.2) is 26.5 Å². The lowest BCUT2D eigenvalue weighted by Crippen LogP contribution is -2.01. The lowest BCUT2D eigenvalue weighted by Gasteiger charge is -2.06. The molecule has 3 heterocycles. The summed E-state index contributed by atoms with van der Waals surface area (Å²) < 4.78 is 17.3. The van der Waals surface area contributed by atoms with Crippen molar-refractivity contribution in [3.05, 3.63) is 30.3 Å². The van der Waals surface area contributed by atoms with Gasteiger partial charge in [-0.05, 0) is 30.3 Å². The van der Waals surface area contributed by atoms with Gasteiger partial charge in [0, 0.05) is 6.54 Å². The van der Waals surface area contributed by atoms with E-state index in [4.69, 9.17) is 5.73 Å². The van der Waals surface area contributed by atoms with Crippen LogP contribution in [-0.4, -0.2) is 24.5 Å². The third-order valence-electron chi connectivity index (χ3n) is 4.04. The van der Waals surface area contributed by atoms with Crippen molar-refractivity contribution in [1.29, 1.82) is 0 Å². The number of rotatable bonds is 6. The van der Waals surface area contributed by atoms with Gasteiger partial charge in [0.25, 0.3) is 0 Å². The maximum Gasteiger partial charge on any atom is 0.177 e. The fraction of sp³-hybridized carbons (Fsp3) is 0.294. The number of nitrogen functional groups attached to an aromatic ring is 1. The second kappa shape index (κ2) is 7.16. The molecule has 0 aliphatic carbocycles. The van der Waals surface area contributed by atoms with Crippen molar-refractivity contribution in [1.82, 2.24) is 24.5 Å². The van der Waals surface area contributed by atoms with E-state index in [2.05, 4.69) is 31.4 Å². The van der Waals surface area contributed by atoms with Gasteiger partial charge in [-0.3, -0.25) is 0 Å². The number of fused-ring (bicyclic) bond motifs is 2. The molecule has 26 heavy (non-hydrogen) atoms. The zero-order chi connectivity index (χ0) is 18.1. The highest BCUT2D eigenvalue weighted by molar-refractivity contribution is 8.01. The predicted octanol–water partition coefficient (Wildman–Crippen LogP) is 4.50. The van der Waals surface area contributed by atoms with Gasteiger partial charge in [0.1, 0.15) is 12.1 Å². The molecule has 2 N–H and O–H groups in total. The topological polar surface area (TPSA) is 82.5 Å². The number of aromatic nitrogens is 5. The standard InChI is InChI=1S/C17H17FN6S2/c1-2-3-4-8-24-15-12(14(19)20-9-21-15)23-16(24)26-17-22-11-7-5-6-10(18)13(11)25-17/h5-7,9H,2-4,8H2,1H3,(H2,19,20,21). The van der Waals surface area contributed by atoms with Crippen LogP contribution in [0.5, 0.6) is 0 Å². The molecule has 4 aromatic rings. The molecule has 0 aliphatic rings. The summed E-state index contributed by atoms with van der Waals surface area (Å²) in [5, 5.41) is 0.753. The number of hydrogen-bond donors (Lipinski definition) is 1. The highest BCUT2D eigenvalue weighted by atomic mass is 32.2. The number of nitrogens with two attached hydrogens (primary N) is 1. The van der Waals surface area contributed by atoms with Crippen molar-refractivity contribution in [2.75, 3.05) is 5.73 Å². The number of nitrogens with zero attached hydrogens (tertiary/aromatic N) is 5. The fourth-order valence-corrected chi connectivity index (χ4v) is 4.82. The molecule has 0 fully saturated rings. The van der Waals surface area contributed by atoms with Gasteiger partial charge in [0.2, 0.25) is 0 Å². The second-order valence-corrected chi connectivity index (χ2v) is 8.07. The molecule has 0 radical (unpaired) electrons. The molecule has 134 valence electrons. The lowest BCUT2D eigenvalue weighted by molar-refractivity contribution is 0.575. The average molecular weight is 388 g/mol. The molecule has 0 unspecified atom stereocenters. The van der Waals surface area contributed by atoms with E-state index >= 15 is 0 Å². The van der Waals surface area contributed by atoms with E-state index in [1.807, 2.05) is 6.07 Å². The van der Waals surface area contributed by atoms with E-state index < -0.39 is 0 Å². The molecular formula is C17H17FN6S2. The highest BCUT2D eigenvalue weighted by Gasteiger charge is 2.18. The lowest BCUT2D eigenvalue weighted by atomic mass is 10.2. The summed E-state index contributed by atoms with van der Waals surface area (Å²) in [4.78, 5) is 17.5. The third-order valence-corrected chi connectivity index (χ3v) is 6.17. The van der Waals surface area contributed by atoms with E-state index in [0.29, 0.717) is 21.6 Å². The summed E-state index contributed by atoms with van der Waals surface area (Å²) in [6.45, 7) is 2.96. The molecule has 3 aromatic heterocycles. The summed E-state index contributed by atoms with van der Waals surface area (Å²) in [5.41, 5.74) is 7.95. The minimum Gasteiger partial charge on any atom is -0.382 e. The normalized spacial score (nSPS) is 11.6. The number of anilines is 1. The number of imidazole rings is 1. The van der Waals surface area contributed by atoms with Crippen LogP contribution in [0.25, 0.3) is 21.4 Å². The van der Waals surface area contributed by atoms with Gasteiger partial charge in [0.05, 0.1) is 10.2 Å². The van der Waals surface area contributed by atoms with Crippen LogP contribution in [0.4, 0.5) is 10.2 Å². The smallest absolute Gasteiger partial charge is 0.177 e. The van der Waals surface area contributed by atoms with Crippen molar-refractivity contribution >= 4 is 50.3 Å². The monoisotopic (exact) mass is 388 g/mol. The van der Waals surface area contributed by atoms with Gasteiger partial charge < -0.3 is 10.3 Å². The van der Waals surface area contributed by atoms with Crippen molar-refractivity contribution in [2.45, 2.75) is 42.2 Å². The number of aryl methyl sites for hydroxylation is 1. The molecule has 0 atom stereocenters. The van der Waals surface area contributed by atoms with Crippen molar-refractivity contribution in [3.63, 3.8) is 0 Å². The number of thiazole rings is 1. The second-order valence-electron chi connectivity index (χ2n) is 5.85. The Kier molecular flexibility index (Phi) is 4.73. The summed E-state index contributed by atoms with van der Waals surface area (Å²) in [6, 6.07) is 4.93. The molecule has 1 aromatic carbocycles. The molecule has 0 amide bonds. The quantitative estimate of drug-likeness (QED) is 0.490. The van der Waals surface area contributed by atoms with E-state index in [0.717, 1.165) is 41.0 Å². The minimum atomic E-state index is -0.251. The summed E-state index contributed by atoms with van der Waals surface area (Å²) in [6.07, 6.45) is 4.73. The van der Waals surface area contributed by atoms with E-state index in [1.54, 1.807) is 6.07 Å². The van der Waals surface area contributed by atoms with Gasteiger partial charge in [-0.15, -0.1) is 11.3 Å². The zero-order valence-corrected chi connectivity index (χ0v) is 15.8. The van der Waals surface area contributed by atoms with Crippen LogP contribution in [0.1, 0.15) is 26.2 Å². The first-order valence-electron chi connectivity index (χ1n) is 8.37. The number of halogens is 1. The zero-order valence-electron chi connectivity index (χ0n) is 14.1. The molecule has 0 spiro atoms. The number of unbranched alkanes of at least 4 members (excludes halogenated alkanes) is 2. The van der Waals surface area contributed by atoms with Gasteiger partial charge in [-0.1, -0.05) is 25.8 Å². The SMILES string of the molecule is CCCCCn1c(Sc2nc3cccc(F)c3s2)nc2c(N)ncnc21. The molecule has 6 nitrogen and oxygen atoms in total. The van der Waals surface area contributed by atoms with E-state index in [1.165, 1.54) is 35.5 Å². The van der Waals surface area contributed by atoms with Gasteiger partial charge in [-0.25, -0.2) is 24.3 Å². The summed E-state index contributed by atoms with van der Waals surface area (Å²) in [7, 11) is 0. The Balaban J connectivity index is 1.75. The maximum atomic E-state index is 13.9. The minimum absolute atomic E-state index is 0.251. The van der Waals surface area contributed by atoms with Crippen LogP contribution in [-0.2, 0) is 6.54 Å². The first-order valence-corrected chi connectivity index (χ1v) is 10.00. The fourth-order valence-electron chi connectivity index (χ4n) is 2.75. The Morgan fingerprint density at radius 1 is 1.23 bits per heavy atom. The molecule has 0 saturated heterocycles. The predicted molar refractivity (Wildman–Crippen MR) is 103 cm³/mol. The van der Waals surface area contributed by atoms with Gasteiger partial charge >= 0.3 is 0 Å². The largest absolute Gasteiger partial charge is 0.382 e. The van der Waals surface area contributed by atoms with Crippen molar-refractivity contribution < 1.29 is 4.39 Å². The Hall–Kier alpha value is -2.26. The Bertz CT molecular complexity index is 1070. The molecule has 4 rings (SSSR count). The van der Waals surface area contributed by atoms with Crippen molar-refractivity contribution in [2.24, 2.45) is 0 Å². The average Bonchev–Trinajstić information content (AvgIpc) is 3.19. The first kappa shape index (κ1) is 17.2. The number of benzene rings is 1. The van der Waals surface area contributed by atoms with Crippen LogP contribution < -0.4 is 5.73 Å². The Labute approximate surface area is 157 Å². The van der Waals surface area contributed by atoms with Crippen LogP contribution in [0.3, 0.4) is 0 Å². The molecule has 0 bridgehead atoms. The van der Waals surface area contributed by atoms with Crippen LogP contribution in [0.15, 0.2) is 34.0 Å². The van der Waals surface area contributed by atoms with Crippen LogP contribution >= 0.6 is 23.1 Å². The summed E-state index contributed by atoms with van der Waals surface area (Å²) in [5.74, 6) is 0.111. The van der Waals surface area contributed by atoms with Crippen LogP contribution in [0.2, 0.25) is 0 Å². The first-order chi connectivity index (χ1) is 12.7. The molecule has 9 heteroatoms. The number of hydrogen-bond acceptors (Lipinski definition) is 7. The Morgan fingerprint density at radius 2 is 2.12 bits per heavy atom. The summed E-state index contributed by atoms with van der Waals surface area (Å²) >= 11 is 2.74. The highest BCUT2D eigenvalue weighted by Crippen LogP contribution is 2.36. The van der Waals surface area contributed by atoms with Gasteiger partial charge in [-0.2, -0.15) is 0 Å². The van der Waals surface area contributed by atoms with E-state index in [9.17, 15) is 4.39 Å². The Morgan fingerprint density at radius 3 is 2.92 bits per heavy atom. The maximum absolute atomic E-state index is 13.9. The molecule has 0 aliphatic heterocycles. The van der Waals surface area contributed by atoms with E-state index in [-0.39, 0.29) is 5.82 Å².